The van der Waals surface area contributed by atoms with E-state index in [4.69, 9.17) is 15.4 Å². The van der Waals surface area contributed by atoms with Crippen molar-refractivity contribution in [1.29, 1.82) is 5.26 Å². The molecule has 6 heteroatoms. The molecule has 0 spiro atoms. The minimum Gasteiger partial charge on any atom is -0.275 e. The molecule has 3 rings (SSSR count). The molecule has 1 aliphatic heterocycles. The second-order valence-electron chi connectivity index (χ2n) is 6.38. The number of hydrogen-bond acceptors (Lipinski definition) is 5. The van der Waals surface area contributed by atoms with Gasteiger partial charge in [-0.2, -0.15) is 10.4 Å². The maximum Gasteiger partial charge on any atom is 0.182 e. The Morgan fingerprint density at radius 2 is 2.00 bits per heavy atom. The number of aromatic nitrogens is 2. The van der Waals surface area contributed by atoms with Gasteiger partial charge in [-0.05, 0) is 25.3 Å². The van der Waals surface area contributed by atoms with E-state index in [1.54, 1.807) is 0 Å². The van der Waals surface area contributed by atoms with Gasteiger partial charge in [0, 0.05) is 6.54 Å². The Balaban J connectivity index is 2.21. The van der Waals surface area contributed by atoms with Crippen LogP contribution in [0.1, 0.15) is 49.2 Å². The zero-order valence-electron chi connectivity index (χ0n) is 15.0. The smallest absolute Gasteiger partial charge is 0.182 e. The highest BCUT2D eigenvalue weighted by atomic mass is 15.3. The number of hydrogen-bond donors (Lipinski definition) is 1. The maximum atomic E-state index is 9.12. The van der Waals surface area contributed by atoms with Crippen LogP contribution in [0.5, 0.6) is 0 Å². The fraction of sp³-hybridized carbons (Fsp3) is 0.368. The summed E-state index contributed by atoms with van der Waals surface area (Å²) in [7, 11) is 0. The number of aliphatic imine (C=N–C) groups is 2. The van der Waals surface area contributed by atoms with Crippen molar-refractivity contribution in [3.8, 4) is 6.19 Å². The van der Waals surface area contributed by atoms with Gasteiger partial charge in [-0.3, -0.25) is 15.0 Å². The summed E-state index contributed by atoms with van der Waals surface area (Å²) < 4.78 is 1.87. The Bertz CT molecular complexity index is 878. The van der Waals surface area contributed by atoms with E-state index in [-0.39, 0.29) is 5.92 Å². The maximum absolute atomic E-state index is 9.12. The van der Waals surface area contributed by atoms with E-state index in [0.29, 0.717) is 18.9 Å². The molecule has 0 radical (unpaired) electrons. The second-order valence-corrected chi connectivity index (χ2v) is 6.38. The van der Waals surface area contributed by atoms with Gasteiger partial charge in [0.05, 0.1) is 18.0 Å². The van der Waals surface area contributed by atoms with Crippen LogP contribution in [0.3, 0.4) is 0 Å². The molecule has 6 nitrogen and oxygen atoms in total. The van der Waals surface area contributed by atoms with Crippen molar-refractivity contribution in [2.75, 3.05) is 6.54 Å². The van der Waals surface area contributed by atoms with E-state index in [2.05, 4.69) is 55.3 Å². The van der Waals surface area contributed by atoms with E-state index < -0.39 is 0 Å². The predicted octanol–water partition coefficient (Wildman–Crippen LogP) is 3.29. The molecule has 0 atom stereocenters. The van der Waals surface area contributed by atoms with Crippen LogP contribution in [0.25, 0.3) is 0 Å². The van der Waals surface area contributed by atoms with Crippen molar-refractivity contribution in [3.05, 3.63) is 46.8 Å². The number of fused-ring (bicyclic) bond motifs is 1. The summed E-state index contributed by atoms with van der Waals surface area (Å²) in [5, 5.41) is 16.5. The van der Waals surface area contributed by atoms with Crippen molar-refractivity contribution in [2.45, 2.75) is 40.2 Å². The molecule has 0 aliphatic carbocycles. The number of amidine groups is 1. The first kappa shape index (κ1) is 16.9. The van der Waals surface area contributed by atoms with Crippen molar-refractivity contribution in [2.24, 2.45) is 9.98 Å². The number of nitrogens with one attached hydrogen (secondary N) is 1. The summed E-state index contributed by atoms with van der Waals surface area (Å²) in [5.74, 6) is 0.760. The average molecular weight is 334 g/mol. The zero-order valence-corrected chi connectivity index (χ0v) is 15.0. The molecule has 0 unspecified atom stereocenters. The van der Waals surface area contributed by atoms with Gasteiger partial charge in [0.1, 0.15) is 11.4 Å². The van der Waals surface area contributed by atoms with Crippen LogP contribution in [0.15, 0.2) is 34.3 Å². The van der Waals surface area contributed by atoms with E-state index >= 15 is 0 Å². The standard InChI is InChI=1S/C19H22N6/c1-5-25-18-17(16(24-25)12(2)3)23-15(10-21-19(18)22-11-20)14-8-6-13(4)7-9-14/h6-9,12H,5,10H2,1-4H3,(H,21,22). The molecule has 1 aromatic carbocycles. The second kappa shape index (κ2) is 6.89. The van der Waals surface area contributed by atoms with Crippen molar-refractivity contribution >= 4 is 17.2 Å². The highest BCUT2D eigenvalue weighted by molar-refractivity contribution is 6.11. The predicted molar refractivity (Wildman–Crippen MR) is 99.5 cm³/mol. The van der Waals surface area contributed by atoms with E-state index in [1.807, 2.05) is 17.8 Å². The Morgan fingerprint density at radius 3 is 2.60 bits per heavy atom. The van der Waals surface area contributed by atoms with E-state index in [0.717, 1.165) is 28.4 Å². The van der Waals surface area contributed by atoms with Gasteiger partial charge in [0.15, 0.2) is 12.0 Å². The van der Waals surface area contributed by atoms with Crippen LogP contribution in [0, 0.1) is 18.4 Å². The summed E-state index contributed by atoms with van der Waals surface area (Å²) in [6.45, 7) is 9.40. The van der Waals surface area contributed by atoms with Gasteiger partial charge < -0.3 is 0 Å². The minimum absolute atomic E-state index is 0.228. The molecule has 0 bridgehead atoms. The van der Waals surface area contributed by atoms with Gasteiger partial charge in [0.2, 0.25) is 0 Å². The highest BCUT2D eigenvalue weighted by Crippen LogP contribution is 2.32. The molecule has 25 heavy (non-hydrogen) atoms. The van der Waals surface area contributed by atoms with Crippen LogP contribution in [-0.4, -0.2) is 27.9 Å². The fourth-order valence-electron chi connectivity index (χ4n) is 2.89. The topological polar surface area (TPSA) is 78.4 Å². The number of nitriles is 1. The SMILES string of the molecule is CCn1nc(C(C)C)c2c1C(NC#N)=NCC(c1ccc(C)cc1)=N2. The van der Waals surface area contributed by atoms with Crippen molar-refractivity contribution in [1.82, 2.24) is 15.1 Å². The zero-order chi connectivity index (χ0) is 18.0. The molecule has 2 heterocycles. The largest absolute Gasteiger partial charge is 0.275 e. The molecule has 0 saturated carbocycles. The third kappa shape index (κ3) is 3.18. The first-order valence-electron chi connectivity index (χ1n) is 8.50. The van der Waals surface area contributed by atoms with Crippen LogP contribution in [-0.2, 0) is 6.54 Å². The van der Waals surface area contributed by atoms with Gasteiger partial charge in [0.25, 0.3) is 0 Å². The van der Waals surface area contributed by atoms with Gasteiger partial charge >= 0.3 is 0 Å². The van der Waals surface area contributed by atoms with Crippen LogP contribution < -0.4 is 5.32 Å². The summed E-state index contributed by atoms with van der Waals surface area (Å²) in [4.78, 5) is 9.54. The lowest BCUT2D eigenvalue weighted by Gasteiger charge is -2.05. The molecule has 0 amide bonds. The van der Waals surface area contributed by atoms with E-state index in [1.165, 1.54) is 5.56 Å². The molecule has 1 aromatic heterocycles. The Labute approximate surface area is 147 Å². The van der Waals surface area contributed by atoms with Crippen LogP contribution in [0.4, 0.5) is 5.69 Å². The molecular formula is C19H22N6. The van der Waals surface area contributed by atoms with Crippen LogP contribution >= 0.6 is 0 Å². The summed E-state index contributed by atoms with van der Waals surface area (Å²) in [6.07, 6.45) is 1.99. The van der Waals surface area contributed by atoms with Crippen LogP contribution in [0.2, 0.25) is 0 Å². The number of benzene rings is 1. The lowest BCUT2D eigenvalue weighted by atomic mass is 10.1. The number of rotatable bonds is 3. The average Bonchev–Trinajstić information content (AvgIpc) is 2.86. The lowest BCUT2D eigenvalue weighted by Crippen LogP contribution is -2.23. The first-order valence-corrected chi connectivity index (χ1v) is 8.50. The molecule has 0 fully saturated rings. The number of aryl methyl sites for hydroxylation is 2. The molecule has 128 valence electrons. The van der Waals surface area contributed by atoms with Crippen molar-refractivity contribution < 1.29 is 0 Å². The fourth-order valence-corrected chi connectivity index (χ4v) is 2.89. The third-order valence-electron chi connectivity index (χ3n) is 4.22. The van der Waals surface area contributed by atoms with Gasteiger partial charge in [-0.15, -0.1) is 0 Å². The van der Waals surface area contributed by atoms with Gasteiger partial charge in [-0.25, -0.2) is 4.99 Å². The Morgan fingerprint density at radius 1 is 1.28 bits per heavy atom. The molecular weight excluding hydrogens is 312 g/mol. The highest BCUT2D eigenvalue weighted by Gasteiger charge is 2.26. The summed E-state index contributed by atoms with van der Waals surface area (Å²) in [5.41, 5.74) is 5.65. The molecule has 1 aliphatic rings. The summed E-state index contributed by atoms with van der Waals surface area (Å²) in [6, 6.07) is 8.26. The minimum atomic E-state index is 0.228. The van der Waals surface area contributed by atoms with Crippen molar-refractivity contribution in [3.63, 3.8) is 0 Å². The Kier molecular flexibility index (Phi) is 4.66. The molecule has 0 saturated heterocycles. The van der Waals surface area contributed by atoms with E-state index in [9.17, 15) is 0 Å². The third-order valence-corrected chi connectivity index (χ3v) is 4.22. The first-order chi connectivity index (χ1) is 12.0. The normalized spacial score (nSPS) is 13.6. The lowest BCUT2D eigenvalue weighted by molar-refractivity contribution is 0.630. The van der Waals surface area contributed by atoms with Gasteiger partial charge in [-0.1, -0.05) is 43.7 Å². The monoisotopic (exact) mass is 334 g/mol. The molecule has 1 N–H and O–H groups in total. The quantitative estimate of drug-likeness (QED) is 0.691. The Hall–Kier alpha value is -2.94. The summed E-state index contributed by atoms with van der Waals surface area (Å²) >= 11 is 0. The molecule has 2 aromatic rings. The number of nitrogens with zero attached hydrogens (tertiary/aromatic N) is 5.